The van der Waals surface area contributed by atoms with E-state index in [1.165, 1.54) is 11.8 Å². The topological polar surface area (TPSA) is 66.2 Å². The second kappa shape index (κ2) is 7.42. The first-order chi connectivity index (χ1) is 11.2. The van der Waals surface area contributed by atoms with Crippen molar-refractivity contribution < 1.29 is 9.47 Å². The maximum atomic E-state index is 12.8. The van der Waals surface area contributed by atoms with Crippen molar-refractivity contribution >= 4 is 22.8 Å². The molecule has 3 heterocycles. The number of pyridine rings is 1. The van der Waals surface area contributed by atoms with Crippen LogP contribution in [0.4, 0.5) is 0 Å². The Morgan fingerprint density at radius 1 is 1.57 bits per heavy atom. The molecule has 1 aliphatic rings. The highest BCUT2D eigenvalue weighted by Crippen LogP contribution is 2.21. The molecule has 0 radical (unpaired) electrons. The molecule has 1 aliphatic heterocycles. The van der Waals surface area contributed by atoms with Crippen molar-refractivity contribution in [3.05, 3.63) is 28.7 Å². The molecule has 0 spiro atoms. The molecule has 23 heavy (non-hydrogen) atoms. The van der Waals surface area contributed by atoms with Crippen molar-refractivity contribution in [3.63, 3.8) is 0 Å². The Bertz CT molecular complexity index is 728. The monoisotopic (exact) mass is 335 g/mol. The molecule has 0 bridgehead atoms. The van der Waals surface area contributed by atoms with E-state index in [2.05, 4.69) is 9.97 Å². The van der Waals surface area contributed by atoms with Crippen LogP contribution >= 0.6 is 11.8 Å². The number of aromatic nitrogens is 3. The molecule has 1 fully saturated rings. The number of methoxy groups -OCH3 is 1. The van der Waals surface area contributed by atoms with Gasteiger partial charge in [-0.25, -0.2) is 9.97 Å². The van der Waals surface area contributed by atoms with E-state index in [1.54, 1.807) is 30.0 Å². The summed E-state index contributed by atoms with van der Waals surface area (Å²) < 4.78 is 12.7. The fourth-order valence-corrected chi connectivity index (χ4v) is 3.54. The van der Waals surface area contributed by atoms with Crippen LogP contribution < -0.4 is 5.56 Å². The van der Waals surface area contributed by atoms with E-state index < -0.39 is 0 Å². The van der Waals surface area contributed by atoms with Gasteiger partial charge in [0.05, 0.1) is 24.1 Å². The van der Waals surface area contributed by atoms with Crippen molar-refractivity contribution in [2.75, 3.05) is 19.5 Å². The number of ether oxygens (including phenoxy) is 2. The summed E-state index contributed by atoms with van der Waals surface area (Å²) in [4.78, 5) is 21.6. The summed E-state index contributed by atoms with van der Waals surface area (Å²) in [5, 5.41) is 1.23. The lowest BCUT2D eigenvalue weighted by atomic mass is 10.2. The van der Waals surface area contributed by atoms with E-state index in [0.717, 1.165) is 25.2 Å². The van der Waals surface area contributed by atoms with Crippen LogP contribution in [0.3, 0.4) is 0 Å². The third-order valence-electron chi connectivity index (χ3n) is 3.95. The quantitative estimate of drug-likeness (QED) is 0.595. The van der Waals surface area contributed by atoms with Gasteiger partial charge in [-0.2, -0.15) is 0 Å². The maximum Gasteiger partial charge on any atom is 0.263 e. The largest absolute Gasteiger partial charge is 0.381 e. The minimum Gasteiger partial charge on any atom is -0.381 e. The lowest BCUT2D eigenvalue weighted by Crippen LogP contribution is -2.29. The molecule has 0 aliphatic carbocycles. The van der Waals surface area contributed by atoms with Crippen LogP contribution in [-0.2, 0) is 16.0 Å². The summed E-state index contributed by atoms with van der Waals surface area (Å²) in [7, 11) is 1.68. The van der Waals surface area contributed by atoms with Crippen molar-refractivity contribution in [1.29, 1.82) is 0 Å². The van der Waals surface area contributed by atoms with Gasteiger partial charge in [-0.3, -0.25) is 9.36 Å². The van der Waals surface area contributed by atoms with E-state index in [4.69, 9.17) is 9.47 Å². The third-order valence-corrected chi connectivity index (χ3v) is 5.16. The molecule has 6 nitrogen and oxygen atoms in total. The van der Waals surface area contributed by atoms with Gasteiger partial charge in [-0.05, 0) is 31.9 Å². The summed E-state index contributed by atoms with van der Waals surface area (Å²) in [6.07, 6.45) is 3.86. The molecular weight excluding hydrogens is 314 g/mol. The second-order valence-electron chi connectivity index (χ2n) is 5.68. The Morgan fingerprint density at radius 3 is 3.17 bits per heavy atom. The van der Waals surface area contributed by atoms with Crippen LogP contribution in [0.15, 0.2) is 28.3 Å². The van der Waals surface area contributed by atoms with Gasteiger partial charge in [0.25, 0.3) is 5.56 Å². The van der Waals surface area contributed by atoms with Crippen LogP contribution in [0, 0.1) is 0 Å². The summed E-state index contributed by atoms with van der Waals surface area (Å²) in [5.41, 5.74) is 0.444. The first-order valence-electron chi connectivity index (χ1n) is 7.82. The average Bonchev–Trinajstić information content (AvgIpc) is 3.08. The van der Waals surface area contributed by atoms with Crippen molar-refractivity contribution in [1.82, 2.24) is 14.5 Å². The minimum atomic E-state index is -0.0498. The summed E-state index contributed by atoms with van der Waals surface area (Å²) in [6.45, 7) is 3.31. The van der Waals surface area contributed by atoms with Gasteiger partial charge < -0.3 is 9.47 Å². The fourth-order valence-electron chi connectivity index (χ4n) is 2.56. The van der Waals surface area contributed by atoms with Crippen molar-refractivity contribution in [3.8, 4) is 0 Å². The van der Waals surface area contributed by atoms with E-state index in [0.29, 0.717) is 22.7 Å². The molecule has 2 unspecified atom stereocenters. The number of hydrogen-bond acceptors (Lipinski definition) is 6. The standard InChI is InChI=1S/C16H21N3O3S/c1-11(21-2)10-23-16-18-14-13(6-3-7-17-14)15(20)19(16)9-12-5-4-8-22-12/h3,6-7,11-12H,4-5,8-10H2,1-2H3. The zero-order valence-corrected chi connectivity index (χ0v) is 14.2. The minimum absolute atomic E-state index is 0.0498. The smallest absolute Gasteiger partial charge is 0.263 e. The van der Waals surface area contributed by atoms with Gasteiger partial charge in [0.15, 0.2) is 10.8 Å². The lowest BCUT2D eigenvalue weighted by molar-refractivity contribution is 0.0937. The molecule has 2 aromatic heterocycles. The Balaban J connectivity index is 1.97. The number of rotatable bonds is 6. The van der Waals surface area contributed by atoms with Crippen molar-refractivity contribution in [2.24, 2.45) is 0 Å². The molecule has 2 atom stereocenters. The van der Waals surface area contributed by atoms with Crippen LogP contribution in [0.1, 0.15) is 19.8 Å². The summed E-state index contributed by atoms with van der Waals surface area (Å²) in [6, 6.07) is 3.54. The highest BCUT2D eigenvalue weighted by molar-refractivity contribution is 7.99. The van der Waals surface area contributed by atoms with Gasteiger partial charge in [-0.1, -0.05) is 11.8 Å². The first kappa shape index (κ1) is 16.4. The predicted molar refractivity (Wildman–Crippen MR) is 90.0 cm³/mol. The fraction of sp³-hybridized carbons (Fsp3) is 0.562. The molecule has 124 valence electrons. The van der Waals surface area contributed by atoms with Gasteiger partial charge in [0, 0.05) is 25.7 Å². The van der Waals surface area contributed by atoms with Gasteiger partial charge in [0.1, 0.15) is 0 Å². The molecule has 2 aromatic rings. The zero-order chi connectivity index (χ0) is 16.2. The molecule has 1 saturated heterocycles. The molecule has 0 N–H and O–H groups in total. The summed E-state index contributed by atoms with van der Waals surface area (Å²) in [5.74, 6) is 0.729. The number of nitrogens with zero attached hydrogens (tertiary/aromatic N) is 3. The first-order valence-corrected chi connectivity index (χ1v) is 8.80. The Morgan fingerprint density at radius 2 is 2.43 bits per heavy atom. The van der Waals surface area contributed by atoms with Crippen LogP contribution in [0.5, 0.6) is 0 Å². The summed E-state index contributed by atoms with van der Waals surface area (Å²) >= 11 is 1.52. The number of hydrogen-bond donors (Lipinski definition) is 0. The number of fused-ring (bicyclic) bond motifs is 1. The molecule has 0 amide bonds. The van der Waals surface area contributed by atoms with Crippen LogP contribution in [0.2, 0.25) is 0 Å². The zero-order valence-electron chi connectivity index (χ0n) is 13.4. The van der Waals surface area contributed by atoms with E-state index in [9.17, 15) is 4.79 Å². The lowest BCUT2D eigenvalue weighted by Gasteiger charge is -2.17. The molecule has 3 rings (SSSR count). The van der Waals surface area contributed by atoms with Gasteiger partial charge in [0.2, 0.25) is 0 Å². The van der Waals surface area contributed by atoms with E-state index in [1.807, 2.05) is 6.92 Å². The van der Waals surface area contributed by atoms with E-state index in [-0.39, 0.29) is 17.8 Å². The Labute approximate surface area is 139 Å². The van der Waals surface area contributed by atoms with Crippen LogP contribution in [0.25, 0.3) is 11.0 Å². The van der Waals surface area contributed by atoms with Gasteiger partial charge >= 0.3 is 0 Å². The Kier molecular flexibility index (Phi) is 5.30. The van der Waals surface area contributed by atoms with Crippen LogP contribution in [-0.4, -0.2) is 46.2 Å². The third kappa shape index (κ3) is 3.73. The molecule has 7 heteroatoms. The molecule has 0 saturated carbocycles. The number of thioether (sulfide) groups is 1. The SMILES string of the molecule is COC(C)CSc1nc2ncccc2c(=O)n1CC1CCCO1. The maximum absolute atomic E-state index is 12.8. The van der Waals surface area contributed by atoms with E-state index >= 15 is 0 Å². The second-order valence-corrected chi connectivity index (χ2v) is 6.66. The van der Waals surface area contributed by atoms with Gasteiger partial charge in [-0.15, -0.1) is 0 Å². The highest BCUT2D eigenvalue weighted by Gasteiger charge is 2.20. The normalized spacial score (nSPS) is 19.3. The van der Waals surface area contributed by atoms with Crippen molar-refractivity contribution in [2.45, 2.75) is 43.7 Å². The highest BCUT2D eigenvalue weighted by atomic mass is 32.2. The molecule has 0 aromatic carbocycles. The average molecular weight is 335 g/mol. The molecular formula is C16H21N3O3S. The predicted octanol–water partition coefficient (Wildman–Crippen LogP) is 2.10. The Hall–Kier alpha value is -1.44.